The quantitative estimate of drug-likeness (QED) is 0.747. The Morgan fingerprint density at radius 1 is 1.29 bits per heavy atom. The first-order valence-electron chi connectivity index (χ1n) is 3.99. The summed E-state index contributed by atoms with van der Waals surface area (Å²) in [5.41, 5.74) is -0.522. The van der Waals surface area contributed by atoms with Gasteiger partial charge in [0.2, 0.25) is 0 Å². The summed E-state index contributed by atoms with van der Waals surface area (Å²) in [6.45, 7) is 3.32. The average molecular weight is 202 g/mol. The summed E-state index contributed by atoms with van der Waals surface area (Å²) in [5.74, 6) is -3.18. The Bertz CT molecular complexity index is 326. The third-order valence-electron chi connectivity index (χ3n) is 1.77. The number of benzene rings is 1. The minimum Gasteiger partial charge on any atom is -0.388 e. The maximum absolute atomic E-state index is 13.0. The highest BCUT2D eigenvalue weighted by Crippen LogP contribution is 2.24. The summed E-state index contributed by atoms with van der Waals surface area (Å²) in [4.78, 5) is 0. The van der Waals surface area contributed by atoms with E-state index in [-0.39, 0.29) is 6.42 Å². The van der Waals surface area contributed by atoms with Crippen molar-refractivity contribution in [3.05, 3.63) is 47.8 Å². The maximum Gasteiger partial charge on any atom is 0.134 e. The van der Waals surface area contributed by atoms with Gasteiger partial charge in [0.25, 0.3) is 0 Å². The maximum atomic E-state index is 13.0. The number of hydrogen-bond acceptors (Lipinski definition) is 1. The van der Waals surface area contributed by atoms with Gasteiger partial charge < -0.3 is 5.11 Å². The van der Waals surface area contributed by atoms with E-state index in [0.717, 1.165) is 0 Å². The standard InChI is InChI=1S/C10H9F3O/c1-2-3-9(14)10-7(12)4-6(11)5-8(10)13/h2,4-5,9,14H,1,3H2. The Kier molecular flexibility index (Phi) is 3.30. The molecule has 1 aromatic carbocycles. The van der Waals surface area contributed by atoms with E-state index in [1.807, 2.05) is 0 Å². The average Bonchev–Trinajstić information content (AvgIpc) is 2.01. The van der Waals surface area contributed by atoms with Crippen LogP contribution in [-0.2, 0) is 0 Å². The van der Waals surface area contributed by atoms with Gasteiger partial charge in [0, 0.05) is 12.1 Å². The fraction of sp³-hybridized carbons (Fsp3) is 0.200. The van der Waals surface area contributed by atoms with Gasteiger partial charge in [-0.1, -0.05) is 6.08 Å². The van der Waals surface area contributed by atoms with E-state index in [9.17, 15) is 18.3 Å². The molecule has 1 rings (SSSR count). The lowest BCUT2D eigenvalue weighted by atomic mass is 10.1. The lowest BCUT2D eigenvalue weighted by Crippen LogP contribution is -2.04. The topological polar surface area (TPSA) is 20.2 Å². The summed E-state index contributed by atoms with van der Waals surface area (Å²) >= 11 is 0. The number of rotatable bonds is 3. The lowest BCUT2D eigenvalue weighted by Gasteiger charge is -2.10. The molecule has 1 N–H and O–H groups in total. The molecular formula is C10H9F3O. The number of aliphatic hydroxyl groups is 1. The molecule has 0 aliphatic heterocycles. The Morgan fingerprint density at radius 2 is 1.79 bits per heavy atom. The molecule has 0 bridgehead atoms. The molecule has 14 heavy (non-hydrogen) atoms. The summed E-state index contributed by atoms with van der Waals surface area (Å²) in [6, 6.07) is 1.06. The number of aliphatic hydroxyl groups excluding tert-OH is 1. The van der Waals surface area contributed by atoms with E-state index in [1.54, 1.807) is 0 Å². The molecule has 4 heteroatoms. The Hall–Kier alpha value is -1.29. The molecule has 0 aliphatic carbocycles. The van der Waals surface area contributed by atoms with Crippen molar-refractivity contribution in [2.75, 3.05) is 0 Å². The molecule has 0 aliphatic rings. The molecule has 0 saturated carbocycles. The van der Waals surface area contributed by atoms with Crippen LogP contribution in [-0.4, -0.2) is 5.11 Å². The van der Waals surface area contributed by atoms with Crippen molar-refractivity contribution in [3.8, 4) is 0 Å². The molecule has 0 fully saturated rings. The molecular weight excluding hydrogens is 193 g/mol. The van der Waals surface area contributed by atoms with Gasteiger partial charge in [-0.25, -0.2) is 13.2 Å². The third kappa shape index (κ3) is 2.14. The highest BCUT2D eigenvalue weighted by Gasteiger charge is 2.17. The molecule has 0 amide bonds. The molecule has 0 radical (unpaired) electrons. The van der Waals surface area contributed by atoms with Gasteiger partial charge in [0.1, 0.15) is 17.5 Å². The van der Waals surface area contributed by atoms with E-state index >= 15 is 0 Å². The van der Waals surface area contributed by atoms with Gasteiger partial charge in [-0.15, -0.1) is 6.58 Å². The molecule has 0 aromatic heterocycles. The van der Waals surface area contributed by atoms with E-state index in [1.165, 1.54) is 6.08 Å². The van der Waals surface area contributed by atoms with E-state index in [4.69, 9.17) is 0 Å². The van der Waals surface area contributed by atoms with Crippen LogP contribution >= 0.6 is 0 Å². The van der Waals surface area contributed by atoms with Crippen LogP contribution in [0.1, 0.15) is 18.1 Å². The van der Waals surface area contributed by atoms with Gasteiger partial charge in [-0.05, 0) is 6.42 Å². The highest BCUT2D eigenvalue weighted by atomic mass is 19.1. The van der Waals surface area contributed by atoms with Crippen LogP contribution in [0.3, 0.4) is 0 Å². The fourth-order valence-corrected chi connectivity index (χ4v) is 1.15. The van der Waals surface area contributed by atoms with E-state index in [2.05, 4.69) is 6.58 Å². The van der Waals surface area contributed by atoms with Gasteiger partial charge in [-0.2, -0.15) is 0 Å². The van der Waals surface area contributed by atoms with Crippen molar-refractivity contribution >= 4 is 0 Å². The second-order valence-corrected chi connectivity index (χ2v) is 2.82. The van der Waals surface area contributed by atoms with Crippen LogP contribution in [0.15, 0.2) is 24.8 Å². The van der Waals surface area contributed by atoms with Crippen molar-refractivity contribution < 1.29 is 18.3 Å². The van der Waals surface area contributed by atoms with Crippen molar-refractivity contribution in [2.45, 2.75) is 12.5 Å². The first-order chi connectivity index (χ1) is 6.56. The molecule has 0 saturated heterocycles. The monoisotopic (exact) mass is 202 g/mol. The van der Waals surface area contributed by atoms with E-state index in [0.29, 0.717) is 12.1 Å². The van der Waals surface area contributed by atoms with E-state index < -0.39 is 29.1 Å². The third-order valence-corrected chi connectivity index (χ3v) is 1.77. The van der Waals surface area contributed by atoms with Crippen LogP contribution in [0.2, 0.25) is 0 Å². The normalized spacial score (nSPS) is 12.6. The second kappa shape index (κ2) is 4.28. The molecule has 0 spiro atoms. The predicted molar refractivity (Wildman–Crippen MR) is 46.1 cm³/mol. The predicted octanol–water partition coefficient (Wildman–Crippen LogP) is 2.71. The Balaban J connectivity index is 3.13. The molecule has 1 aromatic rings. The zero-order valence-electron chi connectivity index (χ0n) is 7.30. The minimum atomic E-state index is -1.33. The summed E-state index contributed by atoms with van der Waals surface area (Å²) in [7, 11) is 0. The Labute approximate surface area is 79.5 Å². The Morgan fingerprint density at radius 3 is 2.21 bits per heavy atom. The first-order valence-corrected chi connectivity index (χ1v) is 3.99. The van der Waals surface area contributed by atoms with Gasteiger partial charge in [0.05, 0.1) is 11.7 Å². The number of hydrogen-bond donors (Lipinski definition) is 1. The molecule has 76 valence electrons. The zero-order valence-corrected chi connectivity index (χ0v) is 7.30. The van der Waals surface area contributed by atoms with Gasteiger partial charge in [0.15, 0.2) is 0 Å². The largest absolute Gasteiger partial charge is 0.388 e. The highest BCUT2D eigenvalue weighted by molar-refractivity contribution is 5.23. The minimum absolute atomic E-state index is 0.0134. The van der Waals surface area contributed by atoms with Crippen LogP contribution in [0, 0.1) is 17.5 Å². The van der Waals surface area contributed by atoms with Crippen molar-refractivity contribution in [3.63, 3.8) is 0 Å². The molecule has 0 heterocycles. The van der Waals surface area contributed by atoms with Crippen LogP contribution in [0.5, 0.6) is 0 Å². The lowest BCUT2D eigenvalue weighted by molar-refractivity contribution is 0.171. The second-order valence-electron chi connectivity index (χ2n) is 2.82. The van der Waals surface area contributed by atoms with Crippen LogP contribution in [0.25, 0.3) is 0 Å². The summed E-state index contributed by atoms with van der Waals surface area (Å²) < 4.78 is 38.5. The first kappa shape index (κ1) is 10.8. The summed E-state index contributed by atoms with van der Waals surface area (Å²) in [6.07, 6.45) is 0.0138. The molecule has 1 nitrogen and oxygen atoms in total. The SMILES string of the molecule is C=CCC(O)c1c(F)cc(F)cc1F. The molecule has 1 unspecified atom stereocenters. The summed E-state index contributed by atoms with van der Waals surface area (Å²) in [5, 5.41) is 9.30. The fourth-order valence-electron chi connectivity index (χ4n) is 1.15. The smallest absolute Gasteiger partial charge is 0.134 e. The number of halogens is 3. The zero-order chi connectivity index (χ0) is 10.7. The van der Waals surface area contributed by atoms with Crippen LogP contribution in [0.4, 0.5) is 13.2 Å². The van der Waals surface area contributed by atoms with Crippen LogP contribution < -0.4 is 0 Å². The van der Waals surface area contributed by atoms with Gasteiger partial charge in [-0.3, -0.25) is 0 Å². The molecule has 1 atom stereocenters. The van der Waals surface area contributed by atoms with Crippen molar-refractivity contribution in [1.29, 1.82) is 0 Å². The van der Waals surface area contributed by atoms with Crippen molar-refractivity contribution in [1.82, 2.24) is 0 Å². The van der Waals surface area contributed by atoms with Gasteiger partial charge >= 0.3 is 0 Å². The van der Waals surface area contributed by atoms with Crippen molar-refractivity contribution in [2.24, 2.45) is 0 Å².